The highest BCUT2D eigenvalue weighted by atomic mass is 19.4. The van der Waals surface area contributed by atoms with E-state index in [1.807, 2.05) is 0 Å². The number of alkyl halides is 6. The predicted molar refractivity (Wildman–Crippen MR) is 73.5 cm³/mol. The molecule has 0 radical (unpaired) electrons. The van der Waals surface area contributed by atoms with Crippen LogP contribution < -0.4 is 4.90 Å². The van der Waals surface area contributed by atoms with Crippen molar-refractivity contribution in [3.8, 4) is 0 Å². The van der Waals surface area contributed by atoms with Gasteiger partial charge in [-0.1, -0.05) is 6.07 Å². The molecule has 2 aromatic rings. The minimum absolute atomic E-state index is 0.284. The Balaban J connectivity index is 2.44. The van der Waals surface area contributed by atoms with E-state index in [9.17, 15) is 26.3 Å². The summed E-state index contributed by atoms with van der Waals surface area (Å²) in [6.07, 6.45) is -6.98. The standard InChI is InChI=1S/C15H10F6N2O/c1-22-13-3-2-11(6-12(13)15(19,20)21)23(9-14(16,17)18)7-10-4-5-24-8-10/h2-6,8H,7,9H2. The van der Waals surface area contributed by atoms with Gasteiger partial charge in [-0.25, -0.2) is 4.85 Å². The van der Waals surface area contributed by atoms with Crippen LogP contribution in [0.15, 0.2) is 41.2 Å². The molecule has 2 rings (SSSR count). The van der Waals surface area contributed by atoms with Crippen molar-refractivity contribution in [1.82, 2.24) is 0 Å². The van der Waals surface area contributed by atoms with E-state index in [4.69, 9.17) is 11.0 Å². The zero-order valence-corrected chi connectivity index (χ0v) is 11.9. The van der Waals surface area contributed by atoms with Gasteiger partial charge in [0.2, 0.25) is 0 Å². The van der Waals surface area contributed by atoms with Gasteiger partial charge in [0.05, 0.1) is 24.7 Å². The van der Waals surface area contributed by atoms with Crippen LogP contribution in [0.2, 0.25) is 0 Å². The average molecular weight is 348 g/mol. The fraction of sp³-hybridized carbons (Fsp3) is 0.267. The van der Waals surface area contributed by atoms with Crippen molar-refractivity contribution in [3.05, 3.63) is 59.3 Å². The van der Waals surface area contributed by atoms with Crippen molar-refractivity contribution in [2.45, 2.75) is 18.9 Å². The Morgan fingerprint density at radius 2 is 1.79 bits per heavy atom. The summed E-state index contributed by atoms with van der Waals surface area (Å²) in [5, 5.41) is 0. The van der Waals surface area contributed by atoms with E-state index >= 15 is 0 Å². The summed E-state index contributed by atoms with van der Waals surface area (Å²) in [6, 6.07) is 3.90. The Labute approximate surface area is 132 Å². The van der Waals surface area contributed by atoms with Gasteiger partial charge in [-0.15, -0.1) is 0 Å². The first-order chi connectivity index (χ1) is 11.1. The van der Waals surface area contributed by atoms with Crippen LogP contribution in [0.25, 0.3) is 4.85 Å². The quantitative estimate of drug-likeness (QED) is 0.543. The molecule has 0 fully saturated rings. The number of nitrogens with zero attached hydrogens (tertiary/aromatic N) is 2. The van der Waals surface area contributed by atoms with E-state index in [1.54, 1.807) is 0 Å². The molecule has 0 unspecified atom stereocenters. The lowest BCUT2D eigenvalue weighted by Gasteiger charge is -2.26. The zero-order valence-electron chi connectivity index (χ0n) is 11.9. The molecular weight excluding hydrogens is 338 g/mol. The molecule has 24 heavy (non-hydrogen) atoms. The average Bonchev–Trinajstić information content (AvgIpc) is 2.96. The zero-order chi connectivity index (χ0) is 18.0. The Morgan fingerprint density at radius 1 is 1.08 bits per heavy atom. The first-order valence-corrected chi connectivity index (χ1v) is 6.51. The first kappa shape index (κ1) is 17.7. The molecule has 0 atom stereocenters. The predicted octanol–water partition coefficient (Wildman–Crippen LogP) is 5.42. The SMILES string of the molecule is [C-]#[N+]c1ccc(N(Cc2ccoc2)CC(F)(F)F)cc1C(F)(F)F. The molecule has 0 amide bonds. The highest BCUT2D eigenvalue weighted by molar-refractivity contribution is 5.62. The molecule has 0 bridgehead atoms. The van der Waals surface area contributed by atoms with E-state index < -0.39 is 30.1 Å². The van der Waals surface area contributed by atoms with Gasteiger partial charge in [-0.2, -0.15) is 26.3 Å². The summed E-state index contributed by atoms with van der Waals surface area (Å²) in [5.41, 5.74) is -1.84. The van der Waals surface area contributed by atoms with E-state index in [2.05, 4.69) is 4.85 Å². The monoisotopic (exact) mass is 348 g/mol. The lowest BCUT2D eigenvalue weighted by atomic mass is 10.1. The van der Waals surface area contributed by atoms with Crippen LogP contribution in [-0.2, 0) is 12.7 Å². The summed E-state index contributed by atoms with van der Waals surface area (Å²) >= 11 is 0. The molecule has 0 aliphatic carbocycles. The van der Waals surface area contributed by atoms with Gasteiger partial charge in [0.1, 0.15) is 6.54 Å². The maximum Gasteiger partial charge on any atom is 0.407 e. The molecule has 1 aromatic carbocycles. The second kappa shape index (κ2) is 6.47. The largest absolute Gasteiger partial charge is 0.472 e. The fourth-order valence-corrected chi connectivity index (χ4v) is 2.10. The highest BCUT2D eigenvalue weighted by Gasteiger charge is 2.35. The number of rotatable bonds is 4. The minimum Gasteiger partial charge on any atom is -0.472 e. The molecule has 1 aromatic heterocycles. The van der Waals surface area contributed by atoms with E-state index in [0.29, 0.717) is 11.6 Å². The van der Waals surface area contributed by atoms with Gasteiger partial charge in [0.25, 0.3) is 0 Å². The molecular formula is C15H10F6N2O. The number of furan rings is 1. The molecule has 0 aliphatic heterocycles. The van der Waals surface area contributed by atoms with Gasteiger partial charge in [0, 0.05) is 17.8 Å². The second-order valence-corrected chi connectivity index (χ2v) is 4.91. The van der Waals surface area contributed by atoms with Crippen LogP contribution in [-0.4, -0.2) is 12.7 Å². The lowest BCUT2D eigenvalue weighted by Crippen LogP contribution is -2.33. The van der Waals surface area contributed by atoms with Gasteiger partial charge in [-0.05, 0) is 18.2 Å². The highest BCUT2D eigenvalue weighted by Crippen LogP contribution is 2.39. The fourth-order valence-electron chi connectivity index (χ4n) is 2.10. The molecule has 128 valence electrons. The van der Waals surface area contributed by atoms with Crippen molar-refractivity contribution in [3.63, 3.8) is 0 Å². The number of anilines is 1. The van der Waals surface area contributed by atoms with Crippen LogP contribution in [0, 0.1) is 6.57 Å². The van der Waals surface area contributed by atoms with Crippen LogP contribution in [0.3, 0.4) is 0 Å². The van der Waals surface area contributed by atoms with Crippen LogP contribution in [0.5, 0.6) is 0 Å². The number of halogens is 6. The van der Waals surface area contributed by atoms with Gasteiger partial charge in [-0.3, -0.25) is 0 Å². The molecule has 0 N–H and O–H groups in total. The Kier molecular flexibility index (Phi) is 4.78. The van der Waals surface area contributed by atoms with Crippen molar-refractivity contribution in [1.29, 1.82) is 0 Å². The Morgan fingerprint density at radius 3 is 2.29 bits per heavy atom. The van der Waals surface area contributed by atoms with E-state index in [0.717, 1.165) is 17.0 Å². The van der Waals surface area contributed by atoms with E-state index in [-0.39, 0.29) is 12.2 Å². The van der Waals surface area contributed by atoms with Crippen LogP contribution in [0.4, 0.5) is 37.7 Å². The van der Waals surface area contributed by atoms with Gasteiger partial charge >= 0.3 is 12.4 Å². The maximum absolute atomic E-state index is 13.0. The minimum atomic E-state index is -4.84. The molecule has 0 saturated carbocycles. The van der Waals surface area contributed by atoms with Crippen LogP contribution in [0.1, 0.15) is 11.1 Å². The molecule has 1 heterocycles. The van der Waals surface area contributed by atoms with Crippen molar-refractivity contribution < 1.29 is 30.8 Å². The second-order valence-electron chi connectivity index (χ2n) is 4.91. The first-order valence-electron chi connectivity index (χ1n) is 6.51. The Hall–Kier alpha value is -2.63. The molecule has 0 saturated heterocycles. The summed E-state index contributed by atoms with van der Waals surface area (Å²) in [5.74, 6) is 0. The number of hydrogen-bond acceptors (Lipinski definition) is 2. The Bertz CT molecular complexity index is 728. The summed E-state index contributed by atoms with van der Waals surface area (Å²) in [6.45, 7) is 5.04. The number of benzene rings is 1. The van der Waals surface area contributed by atoms with Crippen LogP contribution >= 0.6 is 0 Å². The lowest BCUT2D eigenvalue weighted by molar-refractivity contribution is -0.136. The molecule has 9 heteroatoms. The summed E-state index contributed by atoms with van der Waals surface area (Å²) in [7, 11) is 0. The molecule has 0 spiro atoms. The van der Waals surface area contributed by atoms with E-state index in [1.165, 1.54) is 18.6 Å². The third-order valence-corrected chi connectivity index (χ3v) is 3.09. The number of hydrogen-bond donors (Lipinski definition) is 0. The summed E-state index contributed by atoms with van der Waals surface area (Å²) in [4.78, 5) is 3.51. The third kappa shape index (κ3) is 4.44. The van der Waals surface area contributed by atoms with Gasteiger partial charge < -0.3 is 9.32 Å². The molecule has 3 nitrogen and oxygen atoms in total. The van der Waals surface area contributed by atoms with Crippen molar-refractivity contribution in [2.75, 3.05) is 11.4 Å². The van der Waals surface area contributed by atoms with Crippen molar-refractivity contribution >= 4 is 11.4 Å². The molecule has 0 aliphatic rings. The van der Waals surface area contributed by atoms with Gasteiger partial charge in [0.15, 0.2) is 5.69 Å². The third-order valence-electron chi connectivity index (χ3n) is 3.09. The van der Waals surface area contributed by atoms with Crippen molar-refractivity contribution in [2.24, 2.45) is 0 Å². The maximum atomic E-state index is 13.0. The topological polar surface area (TPSA) is 20.7 Å². The normalized spacial score (nSPS) is 12.0. The summed E-state index contributed by atoms with van der Waals surface area (Å²) < 4.78 is 82.0. The smallest absolute Gasteiger partial charge is 0.407 e.